The maximum atomic E-state index is 11.9. The Kier molecular flexibility index (Phi) is 5.25. The molecule has 1 aliphatic heterocycles. The van der Waals surface area contributed by atoms with E-state index in [2.05, 4.69) is 5.32 Å². The normalized spacial score (nSPS) is 22.2. The minimum absolute atomic E-state index is 0.00533. The van der Waals surface area contributed by atoms with E-state index in [0.717, 1.165) is 24.0 Å². The van der Waals surface area contributed by atoms with Crippen LogP contribution in [0.1, 0.15) is 24.0 Å². The van der Waals surface area contributed by atoms with E-state index in [1.54, 1.807) is 0 Å². The maximum Gasteiger partial charge on any atom is 0.224 e. The third kappa shape index (κ3) is 4.38. The summed E-state index contributed by atoms with van der Waals surface area (Å²) in [5.41, 5.74) is 7.26. The molecule has 1 aliphatic rings. The van der Waals surface area contributed by atoms with Crippen LogP contribution in [0.25, 0.3) is 0 Å². The zero-order chi connectivity index (χ0) is 14.5. The van der Waals surface area contributed by atoms with E-state index in [-0.39, 0.29) is 11.9 Å². The van der Waals surface area contributed by atoms with Crippen LogP contribution in [-0.2, 0) is 22.0 Å². The van der Waals surface area contributed by atoms with Crippen molar-refractivity contribution >= 4 is 33.9 Å². The number of nitrogens with two attached hydrogens (primary N) is 1. The summed E-state index contributed by atoms with van der Waals surface area (Å²) in [7, 11) is -0.696. The molecular weight excluding hydrogens is 292 g/mol. The fraction of sp³-hybridized carbons (Fsp3) is 0.429. The highest BCUT2D eigenvalue weighted by Gasteiger charge is 2.19. The molecule has 0 spiro atoms. The number of amides is 1. The van der Waals surface area contributed by atoms with Gasteiger partial charge in [-0.25, -0.2) is 0 Å². The molecule has 108 valence electrons. The topological polar surface area (TPSA) is 72.2 Å². The molecule has 0 bridgehead atoms. The first-order chi connectivity index (χ1) is 9.54. The van der Waals surface area contributed by atoms with Crippen LogP contribution in [-0.4, -0.2) is 32.7 Å². The predicted molar refractivity (Wildman–Crippen MR) is 85.1 cm³/mol. The van der Waals surface area contributed by atoms with Gasteiger partial charge in [-0.2, -0.15) is 0 Å². The molecule has 0 saturated carbocycles. The molecule has 0 unspecified atom stereocenters. The zero-order valence-corrected chi connectivity index (χ0v) is 12.8. The quantitative estimate of drug-likeness (QED) is 0.810. The largest absolute Gasteiger partial charge is 0.389 e. The van der Waals surface area contributed by atoms with Crippen LogP contribution >= 0.6 is 12.2 Å². The lowest BCUT2D eigenvalue weighted by molar-refractivity contribution is -0.121. The summed E-state index contributed by atoms with van der Waals surface area (Å²) < 4.78 is 11.3. The maximum absolute atomic E-state index is 11.9. The van der Waals surface area contributed by atoms with Crippen molar-refractivity contribution in [1.29, 1.82) is 0 Å². The highest BCUT2D eigenvalue weighted by molar-refractivity contribution is 7.85. The Morgan fingerprint density at radius 3 is 2.45 bits per heavy atom. The average Bonchev–Trinajstić information content (AvgIpc) is 2.42. The number of hydrogen-bond donors (Lipinski definition) is 2. The van der Waals surface area contributed by atoms with Crippen molar-refractivity contribution in [2.45, 2.75) is 25.3 Å². The molecule has 3 N–H and O–H groups in total. The molecule has 1 aromatic rings. The summed E-state index contributed by atoms with van der Waals surface area (Å²) >= 11 is 4.88. The molecule has 1 amide bonds. The van der Waals surface area contributed by atoms with Gasteiger partial charge in [0.05, 0.1) is 6.42 Å². The smallest absolute Gasteiger partial charge is 0.224 e. The SMILES string of the molecule is NC(=S)c1ccc(CC(=O)NC2CCS(=O)CC2)cc1. The molecule has 20 heavy (non-hydrogen) atoms. The molecule has 0 atom stereocenters. The van der Waals surface area contributed by atoms with Gasteiger partial charge in [-0.1, -0.05) is 36.5 Å². The Morgan fingerprint density at radius 1 is 1.30 bits per heavy atom. The second-order valence-corrected chi connectivity index (χ2v) is 7.06. The predicted octanol–water partition coefficient (Wildman–Crippen LogP) is 0.891. The van der Waals surface area contributed by atoms with E-state index in [1.807, 2.05) is 24.3 Å². The Labute approximate surface area is 126 Å². The lowest BCUT2D eigenvalue weighted by atomic mass is 10.1. The summed E-state index contributed by atoms with van der Waals surface area (Å²) in [6.07, 6.45) is 1.95. The van der Waals surface area contributed by atoms with Crippen molar-refractivity contribution in [3.8, 4) is 0 Å². The second-order valence-electron chi connectivity index (χ2n) is 4.93. The lowest BCUT2D eigenvalue weighted by Crippen LogP contribution is -2.40. The highest BCUT2D eigenvalue weighted by Crippen LogP contribution is 2.10. The van der Waals surface area contributed by atoms with Crippen molar-refractivity contribution in [3.63, 3.8) is 0 Å². The van der Waals surface area contributed by atoms with E-state index >= 15 is 0 Å². The zero-order valence-electron chi connectivity index (χ0n) is 11.1. The molecule has 0 aromatic heterocycles. The van der Waals surface area contributed by atoms with Crippen LogP contribution in [0.4, 0.5) is 0 Å². The number of hydrogen-bond acceptors (Lipinski definition) is 3. The van der Waals surface area contributed by atoms with Gasteiger partial charge in [0.1, 0.15) is 4.99 Å². The highest BCUT2D eigenvalue weighted by atomic mass is 32.2. The number of benzene rings is 1. The van der Waals surface area contributed by atoms with Crippen LogP contribution in [0.5, 0.6) is 0 Å². The molecule has 6 heteroatoms. The van der Waals surface area contributed by atoms with Crippen molar-refractivity contribution in [2.75, 3.05) is 11.5 Å². The first kappa shape index (κ1) is 15.1. The standard InChI is InChI=1S/C14H18N2O2S2/c15-14(19)11-3-1-10(2-4-11)9-13(17)16-12-5-7-20(18)8-6-12/h1-4,12H,5-9H2,(H2,15,19)(H,16,17). The Hall–Kier alpha value is -1.27. The fourth-order valence-electron chi connectivity index (χ4n) is 2.19. The molecule has 1 heterocycles. The first-order valence-corrected chi connectivity index (χ1v) is 8.47. The summed E-state index contributed by atoms with van der Waals surface area (Å²) in [4.78, 5) is 12.3. The monoisotopic (exact) mass is 310 g/mol. The molecule has 0 radical (unpaired) electrons. The number of nitrogens with one attached hydrogen (secondary N) is 1. The van der Waals surface area contributed by atoms with Gasteiger partial charge >= 0.3 is 0 Å². The summed E-state index contributed by atoms with van der Waals surface area (Å²) in [5.74, 6) is 1.38. The van der Waals surface area contributed by atoms with Crippen molar-refractivity contribution < 1.29 is 9.00 Å². The molecule has 2 rings (SSSR count). The lowest BCUT2D eigenvalue weighted by Gasteiger charge is -2.22. The van der Waals surface area contributed by atoms with E-state index < -0.39 is 10.8 Å². The van der Waals surface area contributed by atoms with E-state index in [9.17, 15) is 9.00 Å². The van der Waals surface area contributed by atoms with Crippen LogP contribution in [0.15, 0.2) is 24.3 Å². The summed E-state index contributed by atoms with van der Waals surface area (Å²) in [6, 6.07) is 7.55. The van der Waals surface area contributed by atoms with Gasteiger partial charge in [0.15, 0.2) is 0 Å². The van der Waals surface area contributed by atoms with Crippen molar-refractivity contribution in [1.82, 2.24) is 5.32 Å². The van der Waals surface area contributed by atoms with Crippen LogP contribution in [0.3, 0.4) is 0 Å². The van der Waals surface area contributed by atoms with E-state index in [0.29, 0.717) is 22.9 Å². The van der Waals surface area contributed by atoms with Gasteiger partial charge < -0.3 is 11.1 Å². The third-order valence-corrected chi connectivity index (χ3v) is 4.97. The first-order valence-electron chi connectivity index (χ1n) is 6.57. The number of thiocarbonyl (C=S) groups is 1. The molecule has 0 aliphatic carbocycles. The third-order valence-electron chi connectivity index (χ3n) is 3.36. The number of carbonyl (C=O) groups is 1. The molecule has 1 aromatic carbocycles. The minimum Gasteiger partial charge on any atom is -0.389 e. The van der Waals surface area contributed by atoms with Gasteiger partial charge in [0, 0.05) is 33.9 Å². The summed E-state index contributed by atoms with van der Waals surface area (Å²) in [6.45, 7) is 0. The van der Waals surface area contributed by atoms with Gasteiger partial charge in [0.25, 0.3) is 0 Å². The molecule has 4 nitrogen and oxygen atoms in total. The van der Waals surface area contributed by atoms with Crippen LogP contribution < -0.4 is 11.1 Å². The summed E-state index contributed by atoms with van der Waals surface area (Å²) in [5, 5.41) is 3.00. The van der Waals surface area contributed by atoms with Crippen molar-refractivity contribution in [2.24, 2.45) is 5.73 Å². The van der Waals surface area contributed by atoms with Crippen LogP contribution in [0, 0.1) is 0 Å². The number of carbonyl (C=O) groups excluding carboxylic acids is 1. The molecular formula is C14H18N2O2S2. The van der Waals surface area contributed by atoms with Crippen molar-refractivity contribution in [3.05, 3.63) is 35.4 Å². The fourth-order valence-corrected chi connectivity index (χ4v) is 3.62. The van der Waals surface area contributed by atoms with E-state index in [4.69, 9.17) is 18.0 Å². The van der Waals surface area contributed by atoms with Gasteiger partial charge in [-0.3, -0.25) is 9.00 Å². The Bertz CT molecular complexity index is 518. The number of rotatable bonds is 4. The van der Waals surface area contributed by atoms with Gasteiger partial charge in [-0.15, -0.1) is 0 Å². The molecule has 1 fully saturated rings. The second kappa shape index (κ2) is 6.95. The average molecular weight is 310 g/mol. The Balaban J connectivity index is 1.85. The minimum atomic E-state index is -0.696. The van der Waals surface area contributed by atoms with E-state index in [1.165, 1.54) is 0 Å². The Morgan fingerprint density at radius 2 is 1.90 bits per heavy atom. The van der Waals surface area contributed by atoms with Gasteiger partial charge in [-0.05, 0) is 18.4 Å². The molecule has 1 saturated heterocycles. The van der Waals surface area contributed by atoms with Gasteiger partial charge in [0.2, 0.25) is 5.91 Å². The van der Waals surface area contributed by atoms with Crippen LogP contribution in [0.2, 0.25) is 0 Å².